The van der Waals surface area contributed by atoms with E-state index in [0.717, 1.165) is 19.0 Å². The minimum Gasteiger partial charge on any atom is -0.316 e. The Labute approximate surface area is 103 Å². The fourth-order valence-electron chi connectivity index (χ4n) is 1.77. The summed E-state index contributed by atoms with van der Waals surface area (Å²) < 4.78 is 0. The monoisotopic (exact) mass is 240 g/mol. The zero-order chi connectivity index (χ0) is 12.0. The van der Waals surface area contributed by atoms with Gasteiger partial charge >= 0.3 is 0 Å². The fourth-order valence-corrected chi connectivity index (χ4v) is 2.59. The lowest BCUT2D eigenvalue weighted by atomic mass is 10.0. The summed E-state index contributed by atoms with van der Waals surface area (Å²) in [5.74, 6) is 1.36. The van der Waals surface area contributed by atoms with Crippen LogP contribution in [0.15, 0.2) is 6.20 Å². The van der Waals surface area contributed by atoms with Gasteiger partial charge in [-0.1, -0.05) is 33.6 Å². The quantitative estimate of drug-likeness (QED) is 0.788. The van der Waals surface area contributed by atoms with E-state index >= 15 is 0 Å². The molecule has 1 atom stereocenters. The van der Waals surface area contributed by atoms with Crippen LogP contribution in [0.1, 0.15) is 49.4 Å². The maximum absolute atomic E-state index is 4.43. The van der Waals surface area contributed by atoms with Crippen LogP contribution in [0.4, 0.5) is 0 Å². The van der Waals surface area contributed by atoms with Gasteiger partial charge in [-0.2, -0.15) is 0 Å². The summed E-state index contributed by atoms with van der Waals surface area (Å²) in [7, 11) is 0. The zero-order valence-electron chi connectivity index (χ0n) is 10.9. The highest BCUT2D eigenvalue weighted by molar-refractivity contribution is 7.11. The van der Waals surface area contributed by atoms with Gasteiger partial charge < -0.3 is 5.32 Å². The first-order valence-electron chi connectivity index (χ1n) is 6.30. The van der Waals surface area contributed by atoms with Crippen LogP contribution in [0.5, 0.6) is 0 Å². The molecule has 0 saturated carbocycles. The van der Waals surface area contributed by atoms with Crippen LogP contribution in [0.25, 0.3) is 0 Å². The maximum atomic E-state index is 4.43. The van der Waals surface area contributed by atoms with Gasteiger partial charge in [0.25, 0.3) is 0 Å². The van der Waals surface area contributed by atoms with E-state index < -0.39 is 0 Å². The van der Waals surface area contributed by atoms with Crippen molar-refractivity contribution in [2.24, 2.45) is 5.92 Å². The second-order valence-corrected chi connectivity index (χ2v) is 5.82. The minimum absolute atomic E-state index is 0.535. The van der Waals surface area contributed by atoms with Gasteiger partial charge in [0.15, 0.2) is 0 Å². The smallest absolute Gasteiger partial charge is 0.0968 e. The second-order valence-electron chi connectivity index (χ2n) is 4.55. The molecule has 0 bridgehead atoms. The number of rotatable bonds is 7. The van der Waals surface area contributed by atoms with E-state index in [-0.39, 0.29) is 0 Å². The summed E-state index contributed by atoms with van der Waals surface area (Å²) in [6.45, 7) is 11.1. The molecule has 0 aliphatic rings. The van der Waals surface area contributed by atoms with Crippen molar-refractivity contribution in [3.8, 4) is 0 Å². The largest absolute Gasteiger partial charge is 0.316 e. The highest BCUT2D eigenvalue weighted by Gasteiger charge is 2.10. The molecule has 0 radical (unpaired) electrons. The molecule has 92 valence electrons. The molecule has 0 saturated heterocycles. The Kier molecular flexibility index (Phi) is 5.99. The predicted molar refractivity (Wildman–Crippen MR) is 72.2 cm³/mol. The molecule has 2 nitrogen and oxygen atoms in total. The van der Waals surface area contributed by atoms with Crippen molar-refractivity contribution in [3.05, 3.63) is 16.1 Å². The summed E-state index contributed by atoms with van der Waals surface area (Å²) in [5.41, 5.74) is 0. The molecule has 1 N–H and O–H groups in total. The van der Waals surface area contributed by atoms with Gasteiger partial charge in [0.1, 0.15) is 0 Å². The average molecular weight is 240 g/mol. The number of aryl methyl sites for hydroxylation is 1. The molecule has 0 aliphatic carbocycles. The van der Waals surface area contributed by atoms with Crippen molar-refractivity contribution in [3.63, 3.8) is 0 Å². The molecule has 1 aromatic rings. The molecule has 0 aromatic carbocycles. The van der Waals surface area contributed by atoms with E-state index in [1.165, 1.54) is 22.7 Å². The lowest BCUT2D eigenvalue weighted by Gasteiger charge is -2.15. The van der Waals surface area contributed by atoms with Gasteiger partial charge in [-0.25, -0.2) is 4.98 Å². The van der Waals surface area contributed by atoms with Crippen molar-refractivity contribution >= 4 is 11.3 Å². The summed E-state index contributed by atoms with van der Waals surface area (Å²) in [6, 6.07) is 0. The Hall–Kier alpha value is -0.410. The van der Waals surface area contributed by atoms with Gasteiger partial charge in [-0.15, -0.1) is 11.3 Å². The third-order valence-electron chi connectivity index (χ3n) is 3.10. The molecule has 1 rings (SSSR count). The second kappa shape index (κ2) is 7.02. The number of nitrogens with zero attached hydrogens (tertiary/aromatic N) is 1. The van der Waals surface area contributed by atoms with Crippen molar-refractivity contribution in [2.45, 2.75) is 46.5 Å². The molecule has 1 unspecified atom stereocenters. The Balaban J connectivity index is 2.27. The third kappa shape index (κ3) is 4.22. The Morgan fingerprint density at radius 3 is 2.50 bits per heavy atom. The van der Waals surface area contributed by atoms with Crippen LogP contribution in [0, 0.1) is 12.8 Å². The van der Waals surface area contributed by atoms with Gasteiger partial charge in [0.05, 0.1) is 5.01 Å². The van der Waals surface area contributed by atoms with E-state index in [4.69, 9.17) is 0 Å². The van der Waals surface area contributed by atoms with Crippen molar-refractivity contribution in [1.29, 1.82) is 0 Å². The predicted octanol–water partition coefficient (Wildman–Crippen LogP) is 3.58. The van der Waals surface area contributed by atoms with E-state index in [1.807, 2.05) is 17.5 Å². The molecule has 0 amide bonds. The molecule has 1 heterocycles. The first kappa shape index (κ1) is 13.7. The normalized spacial score (nSPS) is 13.3. The Morgan fingerprint density at radius 1 is 1.31 bits per heavy atom. The van der Waals surface area contributed by atoms with E-state index in [9.17, 15) is 0 Å². The van der Waals surface area contributed by atoms with Crippen LogP contribution in [0.3, 0.4) is 0 Å². The minimum atomic E-state index is 0.535. The number of thiazole rings is 1. The van der Waals surface area contributed by atoms with E-state index in [1.54, 1.807) is 0 Å². The first-order chi connectivity index (χ1) is 7.67. The first-order valence-corrected chi connectivity index (χ1v) is 7.12. The molecule has 3 heteroatoms. The molecule has 0 aliphatic heterocycles. The molecule has 0 spiro atoms. The summed E-state index contributed by atoms with van der Waals surface area (Å²) in [6.07, 6.45) is 4.51. The summed E-state index contributed by atoms with van der Waals surface area (Å²) >= 11 is 1.82. The number of nitrogens with one attached hydrogen (secondary N) is 1. The van der Waals surface area contributed by atoms with Crippen LogP contribution in [-0.4, -0.2) is 18.1 Å². The number of aromatic nitrogens is 1. The summed E-state index contributed by atoms with van der Waals surface area (Å²) in [5, 5.41) is 4.82. The molecule has 1 aromatic heterocycles. The Bertz CT molecular complexity index is 292. The Morgan fingerprint density at radius 2 is 2.00 bits per heavy atom. The SMILES string of the molecule is CCC(CC)CNCC(C)c1ncc(C)s1. The average Bonchev–Trinajstić information content (AvgIpc) is 2.71. The zero-order valence-corrected chi connectivity index (χ0v) is 11.7. The van der Waals surface area contributed by atoms with Crippen molar-refractivity contribution in [2.75, 3.05) is 13.1 Å². The molecular weight excluding hydrogens is 216 g/mol. The summed E-state index contributed by atoms with van der Waals surface area (Å²) in [4.78, 5) is 5.74. The molecule has 16 heavy (non-hydrogen) atoms. The van der Waals surface area contributed by atoms with Crippen LogP contribution >= 0.6 is 11.3 Å². The number of hydrogen-bond acceptors (Lipinski definition) is 3. The highest BCUT2D eigenvalue weighted by Crippen LogP contribution is 2.20. The highest BCUT2D eigenvalue weighted by atomic mass is 32.1. The van der Waals surface area contributed by atoms with Crippen LogP contribution in [0.2, 0.25) is 0 Å². The fraction of sp³-hybridized carbons (Fsp3) is 0.769. The lowest BCUT2D eigenvalue weighted by molar-refractivity contribution is 0.442. The van der Waals surface area contributed by atoms with Gasteiger partial charge in [0.2, 0.25) is 0 Å². The van der Waals surface area contributed by atoms with E-state index in [2.05, 4.69) is 38.0 Å². The third-order valence-corrected chi connectivity index (χ3v) is 4.24. The maximum Gasteiger partial charge on any atom is 0.0968 e. The van der Waals surface area contributed by atoms with Crippen LogP contribution < -0.4 is 5.32 Å². The molecule has 0 fully saturated rings. The van der Waals surface area contributed by atoms with Gasteiger partial charge in [0, 0.05) is 23.5 Å². The van der Waals surface area contributed by atoms with Gasteiger partial charge in [-0.05, 0) is 19.4 Å². The number of hydrogen-bond donors (Lipinski definition) is 1. The van der Waals surface area contributed by atoms with E-state index in [0.29, 0.717) is 5.92 Å². The van der Waals surface area contributed by atoms with Crippen LogP contribution in [-0.2, 0) is 0 Å². The lowest BCUT2D eigenvalue weighted by Crippen LogP contribution is -2.26. The molecular formula is C13H24N2S. The van der Waals surface area contributed by atoms with Gasteiger partial charge in [-0.3, -0.25) is 0 Å². The topological polar surface area (TPSA) is 24.9 Å². The van der Waals surface area contributed by atoms with Crippen molar-refractivity contribution < 1.29 is 0 Å². The van der Waals surface area contributed by atoms with Crippen molar-refractivity contribution in [1.82, 2.24) is 10.3 Å². The standard InChI is InChI=1S/C13H24N2S/c1-5-12(6-2)9-14-7-10(3)13-15-8-11(4)16-13/h8,10,12,14H,5-7,9H2,1-4H3.